The van der Waals surface area contributed by atoms with E-state index < -0.39 is 0 Å². The van der Waals surface area contributed by atoms with Gasteiger partial charge < -0.3 is 20.4 Å². The van der Waals surface area contributed by atoms with Crippen molar-refractivity contribution >= 4 is 41.1 Å². The Hall–Kier alpha value is -3.22. The molecule has 0 fully saturated rings. The van der Waals surface area contributed by atoms with Gasteiger partial charge in [0.05, 0.1) is 24.2 Å². The molecule has 3 N–H and O–H groups in total. The molecule has 0 spiro atoms. The first-order valence-electron chi connectivity index (χ1n) is 10.5. The lowest BCUT2D eigenvalue weighted by Crippen LogP contribution is -2.40. The third-order valence-electron chi connectivity index (χ3n) is 5.23. The fourth-order valence-corrected chi connectivity index (χ4v) is 3.79. The van der Waals surface area contributed by atoms with E-state index in [1.807, 2.05) is 72.8 Å². The molecule has 172 valence electrons. The van der Waals surface area contributed by atoms with E-state index in [0.717, 1.165) is 27.9 Å². The highest BCUT2D eigenvalue weighted by atomic mass is 35.5. The van der Waals surface area contributed by atoms with E-state index in [9.17, 15) is 4.79 Å². The van der Waals surface area contributed by atoms with Crippen LogP contribution >= 0.6 is 24.0 Å². The topological polar surface area (TPSA) is 79.0 Å². The van der Waals surface area contributed by atoms with Gasteiger partial charge in [0.15, 0.2) is 0 Å². The highest BCUT2D eigenvalue weighted by molar-refractivity contribution is 6.30. The number of para-hydroxylation sites is 2. The number of benzene rings is 3. The highest BCUT2D eigenvalue weighted by Gasteiger charge is 2.19. The lowest BCUT2D eigenvalue weighted by atomic mass is 10.1. The van der Waals surface area contributed by atoms with Crippen LogP contribution in [0.15, 0.2) is 72.8 Å². The molecule has 6 nitrogen and oxygen atoms in total. The molecule has 0 aliphatic rings. The standard InChI is InChI=1S/C25H25ClN4O2.ClH/c1-32-20-11-9-18(10-12-20)16-23(24-28-21-7-2-3-8-22(21)29-24)30-25(31)27-14-13-17-5-4-6-19(26)15-17;/h2-12,15,23H,13-14,16H2,1H3,(H,28,29)(H2,27,30,31);1H/t23-;/m1./s1. The first-order valence-corrected chi connectivity index (χ1v) is 10.8. The number of aromatic nitrogens is 2. The maximum absolute atomic E-state index is 12.7. The van der Waals surface area contributed by atoms with Crippen LogP contribution in [0.3, 0.4) is 0 Å². The average Bonchev–Trinajstić information content (AvgIpc) is 3.23. The van der Waals surface area contributed by atoms with Crippen LogP contribution in [0.1, 0.15) is 23.0 Å². The quantitative estimate of drug-likeness (QED) is 0.310. The van der Waals surface area contributed by atoms with E-state index in [0.29, 0.717) is 30.2 Å². The SMILES string of the molecule is COc1ccc(C[C@@H](NC(=O)NCCc2cccc(Cl)c2)c2nc3ccccc3[nH]2)cc1.Cl. The third kappa shape index (κ3) is 6.63. The Morgan fingerprint density at radius 1 is 1.06 bits per heavy atom. The molecular weight excluding hydrogens is 459 g/mol. The maximum Gasteiger partial charge on any atom is 0.315 e. The first kappa shape index (κ1) is 24.4. The number of amides is 2. The number of imidazole rings is 1. The molecule has 0 radical (unpaired) electrons. The van der Waals surface area contributed by atoms with Gasteiger partial charge in [-0.15, -0.1) is 12.4 Å². The van der Waals surface area contributed by atoms with Crippen molar-refractivity contribution < 1.29 is 9.53 Å². The van der Waals surface area contributed by atoms with Crippen molar-refractivity contribution in [2.24, 2.45) is 0 Å². The number of hydrogen-bond donors (Lipinski definition) is 3. The summed E-state index contributed by atoms with van der Waals surface area (Å²) in [4.78, 5) is 20.7. The Bertz CT molecular complexity index is 1160. The van der Waals surface area contributed by atoms with Crippen molar-refractivity contribution in [1.29, 1.82) is 0 Å². The second-order valence-electron chi connectivity index (χ2n) is 7.52. The van der Waals surface area contributed by atoms with Crippen LogP contribution in [0, 0.1) is 0 Å². The van der Waals surface area contributed by atoms with Crippen molar-refractivity contribution in [3.05, 3.63) is 94.8 Å². The lowest BCUT2D eigenvalue weighted by molar-refractivity contribution is 0.236. The number of aromatic amines is 1. The minimum Gasteiger partial charge on any atom is -0.497 e. The number of carbonyl (C=O) groups is 1. The highest BCUT2D eigenvalue weighted by Crippen LogP contribution is 2.21. The molecule has 1 heterocycles. The van der Waals surface area contributed by atoms with Crippen molar-refractivity contribution in [3.8, 4) is 5.75 Å². The van der Waals surface area contributed by atoms with Crippen molar-refractivity contribution in [2.45, 2.75) is 18.9 Å². The second kappa shape index (κ2) is 11.6. The Morgan fingerprint density at radius 3 is 2.58 bits per heavy atom. The predicted octanol–water partition coefficient (Wildman–Crippen LogP) is 5.47. The molecule has 0 saturated carbocycles. The number of halogens is 2. The molecule has 0 bridgehead atoms. The number of carbonyl (C=O) groups excluding carboxylic acids is 1. The number of rotatable bonds is 8. The zero-order chi connectivity index (χ0) is 22.3. The summed E-state index contributed by atoms with van der Waals surface area (Å²) in [6.07, 6.45) is 1.29. The normalized spacial score (nSPS) is 11.5. The zero-order valence-corrected chi connectivity index (χ0v) is 19.7. The van der Waals surface area contributed by atoms with Crippen LogP contribution in [-0.2, 0) is 12.8 Å². The van der Waals surface area contributed by atoms with Crippen LogP contribution in [0.2, 0.25) is 5.02 Å². The van der Waals surface area contributed by atoms with Gasteiger partial charge in [0, 0.05) is 11.6 Å². The molecule has 3 aromatic carbocycles. The molecule has 8 heteroatoms. The van der Waals surface area contributed by atoms with Crippen LogP contribution in [-0.4, -0.2) is 29.7 Å². The maximum atomic E-state index is 12.7. The molecule has 4 aromatic rings. The van der Waals surface area contributed by atoms with Crippen molar-refractivity contribution in [1.82, 2.24) is 20.6 Å². The molecule has 4 rings (SSSR count). The molecule has 0 saturated heterocycles. The minimum absolute atomic E-state index is 0. The summed E-state index contributed by atoms with van der Waals surface area (Å²) in [5, 5.41) is 6.69. The number of nitrogens with one attached hydrogen (secondary N) is 3. The molecule has 2 amide bonds. The fourth-order valence-electron chi connectivity index (χ4n) is 3.57. The second-order valence-corrected chi connectivity index (χ2v) is 7.96. The number of urea groups is 1. The van der Waals surface area contributed by atoms with Gasteiger partial charge in [0.1, 0.15) is 11.6 Å². The molecular formula is C25H26Cl2N4O2. The van der Waals surface area contributed by atoms with Crippen LogP contribution in [0.4, 0.5) is 4.79 Å². The monoisotopic (exact) mass is 484 g/mol. The molecule has 1 atom stereocenters. The fraction of sp³-hybridized carbons (Fsp3) is 0.200. The van der Waals surface area contributed by atoms with E-state index in [1.54, 1.807) is 7.11 Å². The average molecular weight is 485 g/mol. The molecule has 0 aliphatic heterocycles. The number of fused-ring (bicyclic) bond motifs is 1. The van der Waals surface area contributed by atoms with Crippen molar-refractivity contribution in [3.63, 3.8) is 0 Å². The third-order valence-corrected chi connectivity index (χ3v) is 5.47. The summed E-state index contributed by atoms with van der Waals surface area (Å²) >= 11 is 6.03. The number of nitrogens with zero attached hydrogens (tertiary/aromatic N) is 1. The van der Waals surface area contributed by atoms with E-state index in [4.69, 9.17) is 21.3 Å². The van der Waals surface area contributed by atoms with Crippen LogP contribution < -0.4 is 15.4 Å². The first-order chi connectivity index (χ1) is 15.6. The molecule has 1 aromatic heterocycles. The number of ether oxygens (including phenoxy) is 1. The summed E-state index contributed by atoms with van der Waals surface area (Å²) < 4.78 is 5.24. The van der Waals surface area contributed by atoms with Gasteiger partial charge in [-0.1, -0.05) is 48.0 Å². The lowest BCUT2D eigenvalue weighted by Gasteiger charge is -2.18. The molecule has 0 aliphatic carbocycles. The van der Waals surface area contributed by atoms with Gasteiger partial charge in [-0.05, 0) is 60.4 Å². The predicted molar refractivity (Wildman–Crippen MR) is 134 cm³/mol. The van der Waals surface area contributed by atoms with Gasteiger partial charge in [-0.2, -0.15) is 0 Å². The van der Waals surface area contributed by atoms with E-state index in [2.05, 4.69) is 15.6 Å². The van der Waals surface area contributed by atoms with E-state index in [-0.39, 0.29) is 24.5 Å². The summed E-state index contributed by atoms with van der Waals surface area (Å²) in [7, 11) is 1.64. The number of methoxy groups -OCH3 is 1. The summed E-state index contributed by atoms with van der Waals surface area (Å²) in [5.74, 6) is 1.51. The Balaban J connectivity index is 0.00000306. The van der Waals surface area contributed by atoms with Gasteiger partial charge in [-0.3, -0.25) is 0 Å². The largest absolute Gasteiger partial charge is 0.497 e. The Kier molecular flexibility index (Phi) is 8.58. The van der Waals surface area contributed by atoms with Crippen LogP contribution in [0.5, 0.6) is 5.75 Å². The summed E-state index contributed by atoms with van der Waals surface area (Å²) in [5.41, 5.74) is 3.94. The Morgan fingerprint density at radius 2 is 1.85 bits per heavy atom. The van der Waals surface area contributed by atoms with E-state index in [1.165, 1.54) is 0 Å². The van der Waals surface area contributed by atoms with E-state index >= 15 is 0 Å². The zero-order valence-electron chi connectivity index (χ0n) is 18.2. The van der Waals surface area contributed by atoms with Gasteiger partial charge in [0.25, 0.3) is 0 Å². The summed E-state index contributed by atoms with van der Waals surface area (Å²) in [6, 6.07) is 22.7. The molecule has 33 heavy (non-hydrogen) atoms. The van der Waals surface area contributed by atoms with Gasteiger partial charge >= 0.3 is 6.03 Å². The Labute approximate surface area is 204 Å². The van der Waals surface area contributed by atoms with Crippen LogP contribution in [0.25, 0.3) is 11.0 Å². The summed E-state index contributed by atoms with van der Waals surface area (Å²) in [6.45, 7) is 0.502. The number of H-pyrrole nitrogens is 1. The minimum atomic E-state index is -0.318. The number of hydrogen-bond acceptors (Lipinski definition) is 3. The van der Waals surface area contributed by atoms with Gasteiger partial charge in [0.2, 0.25) is 0 Å². The molecule has 0 unspecified atom stereocenters. The smallest absolute Gasteiger partial charge is 0.315 e. The van der Waals surface area contributed by atoms with Gasteiger partial charge in [-0.25, -0.2) is 9.78 Å². The van der Waals surface area contributed by atoms with Crippen molar-refractivity contribution in [2.75, 3.05) is 13.7 Å².